The van der Waals surface area contributed by atoms with E-state index >= 15 is 0 Å². The Hall–Kier alpha value is -0.870. The Balaban J connectivity index is 2.18. The minimum Gasteiger partial charge on any atom is -0.336 e. The van der Waals surface area contributed by atoms with Crippen molar-refractivity contribution in [2.75, 3.05) is 26.7 Å². The summed E-state index contributed by atoms with van der Waals surface area (Å²) in [4.78, 5) is 17.0. The zero-order chi connectivity index (χ0) is 14.0. The fourth-order valence-electron chi connectivity index (χ4n) is 2.58. The van der Waals surface area contributed by atoms with Gasteiger partial charge < -0.3 is 4.90 Å². The van der Waals surface area contributed by atoms with Gasteiger partial charge in [0.1, 0.15) is 0 Å². The van der Waals surface area contributed by atoms with E-state index in [2.05, 4.69) is 34.8 Å². The zero-order valence-corrected chi connectivity index (χ0v) is 13.4. The van der Waals surface area contributed by atoms with Crippen LogP contribution in [0.4, 0.5) is 0 Å². The second kappa shape index (κ2) is 6.06. The molecule has 0 aromatic heterocycles. The van der Waals surface area contributed by atoms with Crippen LogP contribution in [0.2, 0.25) is 0 Å². The van der Waals surface area contributed by atoms with Crippen molar-refractivity contribution in [2.24, 2.45) is 0 Å². The van der Waals surface area contributed by atoms with Crippen LogP contribution in [-0.4, -0.2) is 48.4 Å². The molecule has 0 N–H and O–H groups in total. The fourth-order valence-corrected chi connectivity index (χ4v) is 2.95. The molecule has 4 heteroatoms. The number of halogens is 1. The van der Waals surface area contributed by atoms with Crippen LogP contribution in [0.5, 0.6) is 0 Å². The van der Waals surface area contributed by atoms with Crippen molar-refractivity contribution in [3.05, 3.63) is 33.8 Å². The number of nitrogens with zero attached hydrogens (tertiary/aromatic N) is 2. The van der Waals surface area contributed by atoms with E-state index in [-0.39, 0.29) is 5.91 Å². The number of likely N-dealkylation sites (N-methyl/N-ethyl adjacent to an activating group) is 1. The van der Waals surface area contributed by atoms with Gasteiger partial charge in [-0.25, -0.2) is 0 Å². The number of carbonyl (C=O) groups is 1. The molecule has 104 valence electrons. The average molecular weight is 325 g/mol. The minimum atomic E-state index is 0.158. The molecule has 1 amide bonds. The van der Waals surface area contributed by atoms with Crippen LogP contribution in [0.25, 0.3) is 0 Å². The molecule has 1 heterocycles. The summed E-state index contributed by atoms with van der Waals surface area (Å²) in [5, 5.41) is 0. The SMILES string of the molecule is CCC1CN(C(=O)c2cccc(Br)c2C)CCN1C. The third kappa shape index (κ3) is 3.00. The molecule has 0 aliphatic carbocycles. The lowest BCUT2D eigenvalue weighted by Gasteiger charge is -2.39. The lowest BCUT2D eigenvalue weighted by Crippen LogP contribution is -2.53. The first-order chi connectivity index (χ1) is 9.04. The van der Waals surface area contributed by atoms with Crippen molar-refractivity contribution >= 4 is 21.8 Å². The molecule has 0 radical (unpaired) electrons. The minimum absolute atomic E-state index is 0.158. The smallest absolute Gasteiger partial charge is 0.254 e. The molecule has 1 atom stereocenters. The molecule has 1 aliphatic heterocycles. The Kier molecular flexibility index (Phi) is 4.63. The third-order valence-electron chi connectivity index (χ3n) is 4.03. The van der Waals surface area contributed by atoms with Gasteiger partial charge in [-0.3, -0.25) is 9.69 Å². The molecule has 1 saturated heterocycles. The Morgan fingerprint density at radius 3 is 2.84 bits per heavy atom. The van der Waals surface area contributed by atoms with Gasteiger partial charge in [-0.05, 0) is 38.1 Å². The Morgan fingerprint density at radius 2 is 2.16 bits per heavy atom. The summed E-state index contributed by atoms with van der Waals surface area (Å²) in [6.07, 6.45) is 1.08. The third-order valence-corrected chi connectivity index (χ3v) is 4.89. The second-order valence-corrected chi connectivity index (χ2v) is 6.06. The number of carbonyl (C=O) groups excluding carboxylic acids is 1. The van der Waals surface area contributed by atoms with Crippen molar-refractivity contribution in [3.63, 3.8) is 0 Å². The second-order valence-electron chi connectivity index (χ2n) is 5.21. The molecule has 0 bridgehead atoms. The van der Waals surface area contributed by atoms with Crippen LogP contribution in [0.3, 0.4) is 0 Å². The number of hydrogen-bond donors (Lipinski definition) is 0. The van der Waals surface area contributed by atoms with Gasteiger partial charge in [-0.15, -0.1) is 0 Å². The summed E-state index contributed by atoms with van der Waals surface area (Å²) in [7, 11) is 2.14. The summed E-state index contributed by atoms with van der Waals surface area (Å²) in [6.45, 7) is 6.77. The number of piperazine rings is 1. The standard InChI is InChI=1S/C15H21BrN2O/c1-4-12-10-18(9-8-17(12)3)15(19)13-6-5-7-14(16)11(13)2/h5-7,12H,4,8-10H2,1-3H3. The molecule has 19 heavy (non-hydrogen) atoms. The number of hydrogen-bond acceptors (Lipinski definition) is 2. The highest BCUT2D eigenvalue weighted by Crippen LogP contribution is 2.22. The van der Waals surface area contributed by atoms with E-state index in [4.69, 9.17) is 0 Å². The van der Waals surface area contributed by atoms with E-state index in [1.54, 1.807) is 0 Å². The van der Waals surface area contributed by atoms with Crippen LogP contribution in [0.1, 0.15) is 29.3 Å². The molecule has 1 aliphatic rings. The predicted octanol–water partition coefficient (Wildman–Crippen LogP) is 2.92. The molecule has 1 aromatic rings. The van der Waals surface area contributed by atoms with Crippen LogP contribution in [-0.2, 0) is 0 Å². The Labute approximate surface area is 123 Å². The highest BCUT2D eigenvalue weighted by Gasteiger charge is 2.27. The molecule has 1 fully saturated rings. The molecule has 3 nitrogen and oxygen atoms in total. The summed E-state index contributed by atoms with van der Waals surface area (Å²) >= 11 is 3.49. The Morgan fingerprint density at radius 1 is 1.42 bits per heavy atom. The maximum atomic E-state index is 12.6. The molecular formula is C15H21BrN2O. The van der Waals surface area contributed by atoms with Crippen LogP contribution in [0.15, 0.2) is 22.7 Å². The topological polar surface area (TPSA) is 23.6 Å². The van der Waals surface area contributed by atoms with Crippen molar-refractivity contribution in [1.29, 1.82) is 0 Å². The van der Waals surface area contributed by atoms with Crippen LogP contribution >= 0.6 is 15.9 Å². The number of benzene rings is 1. The van der Waals surface area contributed by atoms with Gasteiger partial charge in [0.05, 0.1) is 0 Å². The monoisotopic (exact) mass is 324 g/mol. The maximum absolute atomic E-state index is 12.6. The van der Waals surface area contributed by atoms with Crippen molar-refractivity contribution in [2.45, 2.75) is 26.3 Å². The quantitative estimate of drug-likeness (QED) is 0.835. The molecule has 0 saturated carbocycles. The first kappa shape index (κ1) is 14.5. The van der Waals surface area contributed by atoms with Gasteiger partial charge in [-0.1, -0.05) is 28.9 Å². The van der Waals surface area contributed by atoms with Gasteiger partial charge in [0.2, 0.25) is 0 Å². The first-order valence-corrected chi connectivity index (χ1v) is 7.58. The molecule has 0 spiro atoms. The fraction of sp³-hybridized carbons (Fsp3) is 0.533. The highest BCUT2D eigenvalue weighted by atomic mass is 79.9. The number of amides is 1. The average Bonchev–Trinajstić information content (AvgIpc) is 2.41. The summed E-state index contributed by atoms with van der Waals surface area (Å²) in [5.41, 5.74) is 1.84. The van der Waals surface area contributed by atoms with E-state index < -0.39 is 0 Å². The molecule has 1 unspecified atom stereocenters. The van der Waals surface area contributed by atoms with Gasteiger partial charge in [0.25, 0.3) is 5.91 Å². The van der Waals surface area contributed by atoms with Crippen molar-refractivity contribution in [3.8, 4) is 0 Å². The van der Waals surface area contributed by atoms with E-state index in [9.17, 15) is 4.79 Å². The summed E-state index contributed by atoms with van der Waals surface area (Å²) < 4.78 is 1.000. The Bertz CT molecular complexity index is 475. The van der Waals surface area contributed by atoms with Crippen LogP contribution < -0.4 is 0 Å². The maximum Gasteiger partial charge on any atom is 0.254 e. The van der Waals surface area contributed by atoms with E-state index in [1.165, 1.54) is 0 Å². The summed E-state index contributed by atoms with van der Waals surface area (Å²) in [6, 6.07) is 6.30. The predicted molar refractivity (Wildman–Crippen MR) is 81.5 cm³/mol. The zero-order valence-electron chi connectivity index (χ0n) is 11.8. The lowest BCUT2D eigenvalue weighted by atomic mass is 10.1. The van der Waals surface area contributed by atoms with E-state index in [1.807, 2.05) is 30.0 Å². The van der Waals surface area contributed by atoms with Gasteiger partial charge in [0, 0.05) is 35.7 Å². The summed E-state index contributed by atoms with van der Waals surface area (Å²) in [5.74, 6) is 0.158. The normalized spacial score (nSPS) is 20.6. The first-order valence-electron chi connectivity index (χ1n) is 6.79. The molecular weight excluding hydrogens is 304 g/mol. The van der Waals surface area contributed by atoms with E-state index in [0.717, 1.165) is 41.7 Å². The van der Waals surface area contributed by atoms with Gasteiger partial charge >= 0.3 is 0 Å². The van der Waals surface area contributed by atoms with Gasteiger partial charge in [0.15, 0.2) is 0 Å². The molecule has 1 aromatic carbocycles. The van der Waals surface area contributed by atoms with Crippen molar-refractivity contribution < 1.29 is 4.79 Å². The molecule has 2 rings (SSSR count). The highest BCUT2D eigenvalue weighted by molar-refractivity contribution is 9.10. The van der Waals surface area contributed by atoms with Crippen LogP contribution in [0, 0.1) is 6.92 Å². The van der Waals surface area contributed by atoms with E-state index in [0.29, 0.717) is 6.04 Å². The van der Waals surface area contributed by atoms with Gasteiger partial charge in [-0.2, -0.15) is 0 Å². The number of rotatable bonds is 2. The lowest BCUT2D eigenvalue weighted by molar-refractivity contribution is 0.0541. The van der Waals surface area contributed by atoms with Crippen molar-refractivity contribution in [1.82, 2.24) is 9.80 Å². The largest absolute Gasteiger partial charge is 0.336 e.